The highest BCUT2D eigenvalue weighted by Gasteiger charge is 2.31. The fourth-order valence-electron chi connectivity index (χ4n) is 3.33. The van der Waals surface area contributed by atoms with E-state index in [0.29, 0.717) is 19.7 Å². The lowest BCUT2D eigenvalue weighted by Crippen LogP contribution is -2.39. The fraction of sp³-hybridized carbons (Fsp3) is 0.529. The number of hydrogen-bond donors (Lipinski definition) is 1. The van der Waals surface area contributed by atoms with Crippen molar-refractivity contribution in [2.75, 3.05) is 20.3 Å². The molecular formula is C17H24N4O2. The number of carbonyl (C=O) groups excluding carboxylic acids is 1. The Kier molecular flexibility index (Phi) is 4.26. The summed E-state index contributed by atoms with van der Waals surface area (Å²) < 4.78 is 7.30. The van der Waals surface area contributed by atoms with Gasteiger partial charge in [-0.2, -0.15) is 5.10 Å². The maximum Gasteiger partial charge on any atom is 0.256 e. The summed E-state index contributed by atoms with van der Waals surface area (Å²) >= 11 is 0. The highest BCUT2D eigenvalue weighted by molar-refractivity contribution is 5.95. The van der Waals surface area contributed by atoms with E-state index in [-0.39, 0.29) is 11.8 Å². The van der Waals surface area contributed by atoms with E-state index in [4.69, 9.17) is 4.74 Å². The van der Waals surface area contributed by atoms with Gasteiger partial charge in [0, 0.05) is 49.3 Å². The average molecular weight is 316 g/mol. The van der Waals surface area contributed by atoms with Crippen LogP contribution in [-0.2, 0) is 17.8 Å². The number of H-pyrrole nitrogens is 1. The predicted molar refractivity (Wildman–Crippen MR) is 87.5 cm³/mol. The molecule has 23 heavy (non-hydrogen) atoms. The minimum atomic E-state index is 0.0599. The molecule has 3 rings (SSSR count). The van der Waals surface area contributed by atoms with Gasteiger partial charge in [0.05, 0.1) is 24.4 Å². The molecule has 6 nitrogen and oxygen atoms in total. The number of carbonyl (C=O) groups is 1. The molecule has 0 radical (unpaired) electrons. The Labute approximate surface area is 136 Å². The Morgan fingerprint density at radius 3 is 2.87 bits per heavy atom. The lowest BCUT2D eigenvalue weighted by atomic mass is 9.95. The second kappa shape index (κ2) is 6.20. The number of nitrogens with zero attached hydrogens (tertiary/aromatic N) is 3. The third-order valence-corrected chi connectivity index (χ3v) is 4.45. The van der Waals surface area contributed by atoms with Crippen molar-refractivity contribution in [2.45, 2.75) is 39.8 Å². The molecule has 0 fully saturated rings. The minimum Gasteiger partial charge on any atom is -0.384 e. The quantitative estimate of drug-likeness (QED) is 0.941. The molecule has 3 heterocycles. The van der Waals surface area contributed by atoms with Crippen LogP contribution in [0.3, 0.4) is 0 Å². The van der Waals surface area contributed by atoms with Gasteiger partial charge < -0.3 is 14.6 Å². The van der Waals surface area contributed by atoms with Crippen molar-refractivity contribution < 1.29 is 9.53 Å². The van der Waals surface area contributed by atoms with Crippen molar-refractivity contribution in [1.82, 2.24) is 19.7 Å². The van der Waals surface area contributed by atoms with E-state index < -0.39 is 0 Å². The summed E-state index contributed by atoms with van der Waals surface area (Å²) in [5.41, 5.74) is 4.86. The van der Waals surface area contributed by atoms with Crippen molar-refractivity contribution in [2.24, 2.45) is 0 Å². The van der Waals surface area contributed by atoms with Gasteiger partial charge in [0.1, 0.15) is 0 Å². The van der Waals surface area contributed by atoms with Gasteiger partial charge in [-0.1, -0.05) is 0 Å². The fourth-order valence-corrected chi connectivity index (χ4v) is 3.33. The molecular weight excluding hydrogens is 292 g/mol. The molecule has 0 aromatic carbocycles. The highest BCUT2D eigenvalue weighted by Crippen LogP contribution is 2.29. The number of fused-ring (bicyclic) bond motifs is 1. The zero-order valence-electron chi connectivity index (χ0n) is 14.2. The molecule has 1 atom stereocenters. The number of aromatic amines is 1. The number of rotatable bonds is 4. The number of hydrogen-bond acceptors (Lipinski definition) is 3. The molecule has 0 saturated heterocycles. The molecule has 1 N–H and O–H groups in total. The van der Waals surface area contributed by atoms with Crippen LogP contribution in [0.5, 0.6) is 0 Å². The van der Waals surface area contributed by atoms with Crippen LogP contribution in [0.2, 0.25) is 0 Å². The van der Waals surface area contributed by atoms with Gasteiger partial charge >= 0.3 is 0 Å². The van der Waals surface area contributed by atoms with Crippen molar-refractivity contribution in [1.29, 1.82) is 0 Å². The molecule has 6 heteroatoms. The van der Waals surface area contributed by atoms with E-state index in [1.807, 2.05) is 29.5 Å². The first kappa shape index (κ1) is 15.8. The van der Waals surface area contributed by atoms with Crippen molar-refractivity contribution in [3.8, 4) is 0 Å². The number of aromatic nitrogens is 3. The monoisotopic (exact) mass is 316 g/mol. The second-order valence-corrected chi connectivity index (χ2v) is 6.22. The highest BCUT2D eigenvalue weighted by atomic mass is 16.5. The van der Waals surface area contributed by atoms with E-state index in [0.717, 1.165) is 29.2 Å². The van der Waals surface area contributed by atoms with Crippen LogP contribution in [0.4, 0.5) is 0 Å². The van der Waals surface area contributed by atoms with Gasteiger partial charge in [0.2, 0.25) is 0 Å². The summed E-state index contributed by atoms with van der Waals surface area (Å²) in [7, 11) is 1.70. The maximum absolute atomic E-state index is 12.9. The van der Waals surface area contributed by atoms with Crippen molar-refractivity contribution in [3.05, 3.63) is 40.5 Å². The summed E-state index contributed by atoms with van der Waals surface area (Å²) in [6.07, 6.45) is 2.09. The molecule has 2 aromatic heterocycles. The van der Waals surface area contributed by atoms with Gasteiger partial charge in [-0.3, -0.25) is 9.48 Å². The summed E-state index contributed by atoms with van der Waals surface area (Å²) in [6.45, 7) is 8.62. The molecule has 1 amide bonds. The Hall–Kier alpha value is -2.08. The molecule has 0 saturated carbocycles. The topological polar surface area (TPSA) is 63.2 Å². The van der Waals surface area contributed by atoms with Crippen LogP contribution in [0.1, 0.15) is 45.8 Å². The number of methoxy groups -OCH3 is 1. The molecule has 1 aliphatic heterocycles. The molecule has 1 aliphatic rings. The Morgan fingerprint density at radius 2 is 2.26 bits per heavy atom. The smallest absolute Gasteiger partial charge is 0.256 e. The zero-order chi connectivity index (χ0) is 16.6. The Morgan fingerprint density at radius 1 is 1.48 bits per heavy atom. The number of amides is 1. The van der Waals surface area contributed by atoms with Gasteiger partial charge in [-0.25, -0.2) is 0 Å². The average Bonchev–Trinajstić information content (AvgIpc) is 3.09. The number of ether oxygens (including phenoxy) is 1. The number of nitrogens with one attached hydrogen (secondary N) is 1. The van der Waals surface area contributed by atoms with E-state index in [2.05, 4.69) is 23.2 Å². The number of aryl methyl sites for hydroxylation is 3. The summed E-state index contributed by atoms with van der Waals surface area (Å²) in [4.78, 5) is 18.0. The first-order valence-electron chi connectivity index (χ1n) is 8.04. The third-order valence-electron chi connectivity index (χ3n) is 4.45. The second-order valence-electron chi connectivity index (χ2n) is 6.22. The van der Waals surface area contributed by atoms with Crippen LogP contribution in [0.15, 0.2) is 12.3 Å². The first-order chi connectivity index (χ1) is 11.0. The summed E-state index contributed by atoms with van der Waals surface area (Å²) in [5.74, 6) is 0.234. The first-order valence-corrected chi connectivity index (χ1v) is 8.04. The van der Waals surface area contributed by atoms with E-state index in [1.54, 1.807) is 7.11 Å². The molecule has 0 spiro atoms. The Balaban J connectivity index is 1.90. The lowest BCUT2D eigenvalue weighted by Gasteiger charge is -2.31. The minimum absolute atomic E-state index is 0.0599. The van der Waals surface area contributed by atoms with E-state index >= 15 is 0 Å². The maximum atomic E-state index is 12.9. The van der Waals surface area contributed by atoms with Gasteiger partial charge in [0.25, 0.3) is 5.91 Å². The van der Waals surface area contributed by atoms with Crippen molar-refractivity contribution >= 4 is 5.91 Å². The standard InChI is InChI=1S/C17H24N4O2/c1-5-21-8-15-13(10-23-4)7-20(9-16(15)19-21)17(22)14-6-11(2)18-12(14)3/h6,8,13,18H,5,7,9-10H2,1-4H3. The van der Waals surface area contributed by atoms with Gasteiger partial charge in [-0.05, 0) is 26.8 Å². The lowest BCUT2D eigenvalue weighted by molar-refractivity contribution is 0.0677. The van der Waals surface area contributed by atoms with Crippen LogP contribution < -0.4 is 0 Å². The third kappa shape index (κ3) is 2.91. The molecule has 124 valence electrons. The van der Waals surface area contributed by atoms with E-state index in [9.17, 15) is 4.79 Å². The summed E-state index contributed by atoms with van der Waals surface area (Å²) in [6, 6.07) is 1.92. The SMILES string of the molecule is CCn1cc2c(n1)CN(C(=O)c1cc(C)[nH]c1C)CC2COC. The van der Waals surface area contributed by atoms with E-state index in [1.165, 1.54) is 5.56 Å². The molecule has 0 aliphatic carbocycles. The molecule has 0 bridgehead atoms. The molecule has 1 unspecified atom stereocenters. The zero-order valence-corrected chi connectivity index (χ0v) is 14.2. The predicted octanol–water partition coefficient (Wildman–Crippen LogP) is 2.23. The van der Waals surface area contributed by atoms with Crippen LogP contribution in [0, 0.1) is 13.8 Å². The van der Waals surface area contributed by atoms with Crippen LogP contribution >= 0.6 is 0 Å². The molecule has 2 aromatic rings. The van der Waals surface area contributed by atoms with Gasteiger partial charge in [0.15, 0.2) is 0 Å². The summed E-state index contributed by atoms with van der Waals surface area (Å²) in [5, 5.41) is 4.62. The van der Waals surface area contributed by atoms with Crippen LogP contribution in [0.25, 0.3) is 0 Å². The van der Waals surface area contributed by atoms with Gasteiger partial charge in [-0.15, -0.1) is 0 Å². The normalized spacial score (nSPS) is 17.4. The Bertz CT molecular complexity index is 716. The largest absolute Gasteiger partial charge is 0.384 e. The van der Waals surface area contributed by atoms with Crippen molar-refractivity contribution in [3.63, 3.8) is 0 Å². The van der Waals surface area contributed by atoms with Crippen LogP contribution in [-0.4, -0.2) is 45.8 Å².